The van der Waals surface area contributed by atoms with Crippen LogP contribution >= 0.6 is 0 Å². The highest BCUT2D eigenvalue weighted by molar-refractivity contribution is 6.01. The molecule has 2 aromatic heterocycles. The number of anilines is 2. The maximum absolute atomic E-state index is 13.9. The van der Waals surface area contributed by atoms with Crippen molar-refractivity contribution in [3.63, 3.8) is 0 Å². The van der Waals surface area contributed by atoms with Crippen molar-refractivity contribution in [2.45, 2.75) is 57.1 Å². The summed E-state index contributed by atoms with van der Waals surface area (Å²) in [6, 6.07) is 9.90. The van der Waals surface area contributed by atoms with Gasteiger partial charge in [-0.05, 0) is 56.7 Å². The van der Waals surface area contributed by atoms with Gasteiger partial charge in [-0.1, -0.05) is 18.2 Å². The minimum absolute atomic E-state index is 0.00332. The number of fused-ring (bicyclic) bond motifs is 2. The van der Waals surface area contributed by atoms with Gasteiger partial charge in [-0.3, -0.25) is 19.5 Å². The molecule has 3 aromatic rings. The van der Waals surface area contributed by atoms with E-state index in [-0.39, 0.29) is 36.5 Å². The number of hydrogen-bond acceptors (Lipinski definition) is 7. The number of benzene rings is 1. The van der Waals surface area contributed by atoms with E-state index in [1.165, 1.54) is 0 Å². The molecule has 1 saturated carbocycles. The van der Waals surface area contributed by atoms with E-state index in [0.717, 1.165) is 53.4 Å². The lowest BCUT2D eigenvalue weighted by Crippen LogP contribution is -2.49. The average molecular weight is 461 g/mol. The Morgan fingerprint density at radius 2 is 1.94 bits per heavy atom. The fraction of sp³-hybridized carbons (Fsp3) is 0.400. The molecule has 176 valence electrons. The van der Waals surface area contributed by atoms with Gasteiger partial charge in [0.1, 0.15) is 12.4 Å². The Bertz CT molecular complexity index is 1250. The lowest BCUT2D eigenvalue weighted by molar-refractivity contribution is -0.125. The average Bonchev–Trinajstić information content (AvgIpc) is 2.82. The third kappa shape index (κ3) is 4.19. The highest BCUT2D eigenvalue weighted by atomic mass is 16.5. The lowest BCUT2D eigenvalue weighted by Gasteiger charge is -2.41. The van der Waals surface area contributed by atoms with E-state index in [2.05, 4.69) is 21.0 Å². The summed E-state index contributed by atoms with van der Waals surface area (Å²) in [5, 5.41) is 1.00. The van der Waals surface area contributed by atoms with Crippen molar-refractivity contribution >= 4 is 34.5 Å². The molecule has 0 radical (unpaired) electrons. The number of aryl methyl sites for hydroxylation is 1. The normalized spacial score (nSPS) is 22.6. The molecule has 4 N–H and O–H groups in total. The van der Waals surface area contributed by atoms with Crippen LogP contribution in [0.1, 0.15) is 48.4 Å². The number of amides is 2. The van der Waals surface area contributed by atoms with E-state index >= 15 is 0 Å². The van der Waals surface area contributed by atoms with Gasteiger partial charge < -0.3 is 16.2 Å². The van der Waals surface area contributed by atoms with Gasteiger partial charge in [0, 0.05) is 28.9 Å². The number of nitrogens with two attached hydrogens (primary N) is 2. The van der Waals surface area contributed by atoms with Crippen LogP contribution in [0.15, 0.2) is 36.5 Å². The molecule has 1 aliphatic carbocycles. The van der Waals surface area contributed by atoms with Crippen molar-refractivity contribution in [1.29, 1.82) is 0 Å². The number of nitrogen functional groups attached to an aromatic ring is 1. The molecule has 1 fully saturated rings. The van der Waals surface area contributed by atoms with Gasteiger partial charge in [-0.2, -0.15) is 4.98 Å². The highest BCUT2D eigenvalue weighted by Gasteiger charge is 2.41. The van der Waals surface area contributed by atoms with Crippen molar-refractivity contribution in [3.05, 3.63) is 53.3 Å². The fourth-order valence-corrected chi connectivity index (χ4v) is 5.17. The Morgan fingerprint density at radius 1 is 1.18 bits per heavy atom. The summed E-state index contributed by atoms with van der Waals surface area (Å²) < 4.78 is 5.61. The molecule has 2 aliphatic rings. The molecule has 0 bridgehead atoms. The van der Waals surface area contributed by atoms with Crippen molar-refractivity contribution in [2.24, 2.45) is 5.73 Å². The molecule has 9 heteroatoms. The summed E-state index contributed by atoms with van der Waals surface area (Å²) in [5.74, 6) is -0.0699. The number of hydrogen-bond donors (Lipinski definition) is 2. The first-order valence-electron chi connectivity index (χ1n) is 11.6. The fourth-order valence-electron chi connectivity index (χ4n) is 5.17. The molecule has 1 atom stereocenters. The Morgan fingerprint density at radius 3 is 2.71 bits per heavy atom. The monoisotopic (exact) mass is 460 g/mol. The Hall–Kier alpha value is -3.59. The summed E-state index contributed by atoms with van der Waals surface area (Å²) in [6.07, 6.45) is 5.21. The van der Waals surface area contributed by atoms with E-state index in [4.69, 9.17) is 16.2 Å². The van der Waals surface area contributed by atoms with Gasteiger partial charge in [0.05, 0.1) is 17.5 Å². The molecule has 3 heterocycles. The number of rotatable bonds is 5. The second kappa shape index (κ2) is 8.98. The number of ether oxygens (including phenoxy) is 1. The molecule has 1 aliphatic heterocycles. The van der Waals surface area contributed by atoms with Crippen LogP contribution in [0.3, 0.4) is 0 Å². The summed E-state index contributed by atoms with van der Waals surface area (Å²) in [6.45, 7) is 1.83. The first-order chi connectivity index (χ1) is 16.4. The zero-order valence-corrected chi connectivity index (χ0v) is 19.1. The molecule has 0 spiro atoms. The maximum atomic E-state index is 13.9. The second-order valence-electron chi connectivity index (χ2n) is 9.10. The Balaban J connectivity index is 1.48. The number of carbonyl (C=O) groups is 2. The minimum Gasteiger partial charge on any atom is -0.368 e. The molecule has 9 nitrogen and oxygen atoms in total. The molecular formula is C25H28N6O3. The summed E-state index contributed by atoms with van der Waals surface area (Å²) >= 11 is 0. The standard InChI is InChI=1S/C25H28N6O3/c1-14-19-11-20(16-10-15-4-2-3-5-21(15)28-12-16)24(33)31(23(19)30-25(27)29-14)17-6-8-18(9-7-17)34-13-22(26)32/h2-5,10,12,17-18,20H,6-9,11,13H2,1H3,(H2,26,32)(H2,27,29,30). The summed E-state index contributed by atoms with van der Waals surface area (Å²) in [4.78, 5) is 40.3. The van der Waals surface area contributed by atoms with Gasteiger partial charge in [-0.15, -0.1) is 0 Å². The molecule has 1 unspecified atom stereocenters. The highest BCUT2D eigenvalue weighted by Crippen LogP contribution is 2.40. The number of para-hydroxylation sites is 1. The molecule has 34 heavy (non-hydrogen) atoms. The Kier molecular flexibility index (Phi) is 5.87. The van der Waals surface area contributed by atoms with Crippen molar-refractivity contribution in [1.82, 2.24) is 15.0 Å². The predicted octanol–water partition coefficient (Wildman–Crippen LogP) is 2.40. The zero-order valence-electron chi connectivity index (χ0n) is 19.1. The topological polar surface area (TPSA) is 137 Å². The predicted molar refractivity (Wildman–Crippen MR) is 128 cm³/mol. The zero-order chi connectivity index (χ0) is 23.8. The summed E-state index contributed by atoms with van der Waals surface area (Å²) in [5.41, 5.74) is 14.7. The third-order valence-electron chi connectivity index (χ3n) is 6.87. The SMILES string of the molecule is Cc1nc(N)nc2c1CC(c1cnc3ccccc3c1)C(=O)N2C1CCC(OCC(N)=O)CC1. The third-order valence-corrected chi connectivity index (χ3v) is 6.87. The van der Waals surface area contributed by atoms with Crippen molar-refractivity contribution in [2.75, 3.05) is 17.2 Å². The second-order valence-corrected chi connectivity index (χ2v) is 9.10. The molecule has 0 saturated heterocycles. The molecule has 5 rings (SSSR count). The van der Waals surface area contributed by atoms with Crippen molar-refractivity contribution in [3.8, 4) is 0 Å². The van der Waals surface area contributed by atoms with E-state index < -0.39 is 5.91 Å². The number of aromatic nitrogens is 3. The summed E-state index contributed by atoms with van der Waals surface area (Å²) in [7, 11) is 0. The van der Waals surface area contributed by atoms with E-state index in [1.54, 1.807) is 6.20 Å². The molecule has 2 amide bonds. The van der Waals surface area contributed by atoms with Crippen LogP contribution in [0.25, 0.3) is 10.9 Å². The van der Waals surface area contributed by atoms with Gasteiger partial charge in [-0.25, -0.2) is 4.98 Å². The Labute approximate surface area is 197 Å². The van der Waals surface area contributed by atoms with Crippen LogP contribution in [0, 0.1) is 6.92 Å². The van der Waals surface area contributed by atoms with E-state index in [0.29, 0.717) is 12.2 Å². The van der Waals surface area contributed by atoms with Gasteiger partial charge >= 0.3 is 0 Å². The molecular weight excluding hydrogens is 432 g/mol. The first-order valence-corrected chi connectivity index (χ1v) is 11.6. The lowest BCUT2D eigenvalue weighted by atomic mass is 9.84. The van der Waals surface area contributed by atoms with Gasteiger partial charge in [0.15, 0.2) is 0 Å². The number of nitrogens with zero attached hydrogens (tertiary/aromatic N) is 4. The first kappa shape index (κ1) is 22.2. The van der Waals surface area contributed by atoms with Gasteiger partial charge in [0.2, 0.25) is 17.8 Å². The smallest absolute Gasteiger partial charge is 0.243 e. The molecule has 1 aromatic carbocycles. The van der Waals surface area contributed by atoms with Crippen LogP contribution in [-0.2, 0) is 20.7 Å². The number of primary amides is 1. The largest absolute Gasteiger partial charge is 0.368 e. The van der Waals surface area contributed by atoms with Crippen LogP contribution in [-0.4, -0.2) is 45.5 Å². The van der Waals surface area contributed by atoms with Crippen LogP contribution in [0.2, 0.25) is 0 Å². The van der Waals surface area contributed by atoms with Crippen LogP contribution in [0.5, 0.6) is 0 Å². The van der Waals surface area contributed by atoms with Crippen LogP contribution in [0.4, 0.5) is 11.8 Å². The van der Waals surface area contributed by atoms with Crippen molar-refractivity contribution < 1.29 is 14.3 Å². The minimum atomic E-state index is -0.475. The quantitative estimate of drug-likeness (QED) is 0.596. The van der Waals surface area contributed by atoms with Crippen LogP contribution < -0.4 is 16.4 Å². The van der Waals surface area contributed by atoms with Gasteiger partial charge in [0.25, 0.3) is 0 Å². The van der Waals surface area contributed by atoms with E-state index in [9.17, 15) is 9.59 Å². The number of carbonyl (C=O) groups excluding carboxylic acids is 2. The maximum Gasteiger partial charge on any atom is 0.243 e. The van der Waals surface area contributed by atoms with E-state index in [1.807, 2.05) is 36.1 Å². The number of pyridine rings is 1.